The Morgan fingerprint density at radius 3 is 2.58 bits per heavy atom. The monoisotopic (exact) mass is 419 g/mol. The quantitative estimate of drug-likeness (QED) is 0.338. The lowest BCUT2D eigenvalue weighted by molar-refractivity contribution is -0.110. The molecule has 4 rings (SSSR count). The summed E-state index contributed by atoms with van der Waals surface area (Å²) in [6, 6.07) is 16.0. The maximum atomic E-state index is 13.3. The summed E-state index contributed by atoms with van der Waals surface area (Å²) in [6.45, 7) is 3.64. The van der Waals surface area contributed by atoms with Crippen LogP contribution >= 0.6 is 0 Å². The van der Waals surface area contributed by atoms with E-state index in [0.717, 1.165) is 16.6 Å². The number of rotatable bonds is 7. The number of hydrogen-bond acceptors (Lipinski definition) is 6. The van der Waals surface area contributed by atoms with Gasteiger partial charge in [-0.15, -0.1) is 4.73 Å². The lowest BCUT2D eigenvalue weighted by Crippen LogP contribution is -2.33. The van der Waals surface area contributed by atoms with Gasteiger partial charge in [-0.25, -0.2) is 9.31 Å². The third-order valence-corrected chi connectivity index (χ3v) is 4.83. The normalized spacial score (nSPS) is 12.1. The molecule has 2 heterocycles. The molecule has 0 N–H and O–H groups in total. The van der Waals surface area contributed by atoms with Crippen molar-refractivity contribution in [3.8, 4) is 11.3 Å². The van der Waals surface area contributed by atoms with Crippen molar-refractivity contribution in [3.63, 3.8) is 0 Å². The summed E-state index contributed by atoms with van der Waals surface area (Å²) < 4.78 is 7.74. The number of carbonyl (C=O) groups excluding carboxylic acids is 2. The summed E-state index contributed by atoms with van der Waals surface area (Å²) in [6.07, 6.45) is 0.307. The van der Waals surface area contributed by atoms with Crippen LogP contribution in [0.3, 0.4) is 0 Å². The minimum Gasteiger partial charge on any atom is -0.462 e. The number of fused-ring (bicyclic) bond motifs is 3. The third-order valence-electron chi connectivity index (χ3n) is 4.83. The SMILES string of the molecule is CCOC(=O)c1ccc2c(c1)n(OC(C)CC=O)c(=O)c1cc(-c3ccccc3)nn12. The summed E-state index contributed by atoms with van der Waals surface area (Å²) in [7, 11) is 0. The van der Waals surface area contributed by atoms with Gasteiger partial charge in [-0.1, -0.05) is 30.3 Å². The number of aldehydes is 1. The second-order valence-corrected chi connectivity index (χ2v) is 7.03. The minimum atomic E-state index is -0.538. The van der Waals surface area contributed by atoms with E-state index in [-0.39, 0.29) is 18.6 Å². The molecule has 31 heavy (non-hydrogen) atoms. The molecule has 0 aliphatic rings. The van der Waals surface area contributed by atoms with E-state index in [1.165, 1.54) is 6.07 Å². The Labute approximate surface area is 177 Å². The van der Waals surface area contributed by atoms with Crippen LogP contribution in [0.2, 0.25) is 0 Å². The fourth-order valence-electron chi connectivity index (χ4n) is 3.35. The maximum Gasteiger partial charge on any atom is 0.338 e. The highest BCUT2D eigenvalue weighted by atomic mass is 16.7. The summed E-state index contributed by atoms with van der Waals surface area (Å²) in [5, 5.41) is 4.61. The van der Waals surface area contributed by atoms with Gasteiger partial charge < -0.3 is 14.4 Å². The van der Waals surface area contributed by atoms with Crippen molar-refractivity contribution in [1.29, 1.82) is 0 Å². The number of aromatic nitrogens is 3. The van der Waals surface area contributed by atoms with Crippen LogP contribution in [-0.2, 0) is 9.53 Å². The van der Waals surface area contributed by atoms with Crippen molar-refractivity contribution in [1.82, 2.24) is 14.3 Å². The van der Waals surface area contributed by atoms with Gasteiger partial charge >= 0.3 is 11.5 Å². The van der Waals surface area contributed by atoms with Gasteiger partial charge in [0.25, 0.3) is 0 Å². The van der Waals surface area contributed by atoms with Crippen molar-refractivity contribution >= 4 is 28.8 Å². The highest BCUT2D eigenvalue weighted by molar-refractivity contribution is 5.94. The Morgan fingerprint density at radius 1 is 1.10 bits per heavy atom. The second kappa shape index (κ2) is 8.43. The molecule has 0 aliphatic carbocycles. The molecule has 0 aliphatic heterocycles. The highest BCUT2D eigenvalue weighted by Gasteiger charge is 2.19. The molecular weight excluding hydrogens is 398 g/mol. The van der Waals surface area contributed by atoms with E-state index in [2.05, 4.69) is 5.10 Å². The molecule has 1 atom stereocenters. The first-order chi connectivity index (χ1) is 15.0. The lowest BCUT2D eigenvalue weighted by atomic mass is 10.1. The standard InChI is InChI=1S/C23H21N3O5/c1-3-30-23(29)17-9-10-19-20(13-17)26(31-15(2)11-12-27)22(28)21-14-18(24-25(19)21)16-7-5-4-6-8-16/h4-10,12-15H,3,11H2,1-2H3. The van der Waals surface area contributed by atoms with E-state index in [9.17, 15) is 14.4 Å². The molecule has 1 unspecified atom stereocenters. The Morgan fingerprint density at radius 2 is 1.87 bits per heavy atom. The molecule has 0 bridgehead atoms. The molecule has 0 radical (unpaired) electrons. The van der Waals surface area contributed by atoms with Gasteiger partial charge in [-0.05, 0) is 38.1 Å². The molecule has 0 saturated carbocycles. The molecular formula is C23H21N3O5. The number of nitrogens with zero attached hydrogens (tertiary/aromatic N) is 3. The number of benzene rings is 2. The smallest absolute Gasteiger partial charge is 0.338 e. The summed E-state index contributed by atoms with van der Waals surface area (Å²) >= 11 is 0. The zero-order valence-corrected chi connectivity index (χ0v) is 17.1. The molecule has 8 heteroatoms. The Hall–Kier alpha value is -3.94. The van der Waals surface area contributed by atoms with Gasteiger partial charge in [0.05, 0.1) is 23.4 Å². The van der Waals surface area contributed by atoms with Gasteiger partial charge in [0.15, 0.2) is 0 Å². The van der Waals surface area contributed by atoms with Gasteiger partial charge in [-0.2, -0.15) is 5.10 Å². The lowest BCUT2D eigenvalue weighted by Gasteiger charge is -2.17. The highest BCUT2D eigenvalue weighted by Crippen LogP contribution is 2.22. The molecule has 2 aromatic carbocycles. The minimum absolute atomic E-state index is 0.116. The molecule has 0 amide bonds. The largest absolute Gasteiger partial charge is 0.462 e. The average molecular weight is 419 g/mol. The van der Waals surface area contributed by atoms with Gasteiger partial charge in [0.1, 0.15) is 23.4 Å². The van der Waals surface area contributed by atoms with Crippen LogP contribution < -0.4 is 10.4 Å². The van der Waals surface area contributed by atoms with E-state index in [0.29, 0.717) is 22.2 Å². The van der Waals surface area contributed by atoms with Crippen LogP contribution in [0.4, 0.5) is 0 Å². The van der Waals surface area contributed by atoms with Crippen molar-refractivity contribution in [2.45, 2.75) is 26.4 Å². The molecule has 158 valence electrons. The van der Waals surface area contributed by atoms with E-state index < -0.39 is 17.6 Å². The fourth-order valence-corrected chi connectivity index (χ4v) is 3.35. The zero-order valence-electron chi connectivity index (χ0n) is 17.1. The molecule has 0 fully saturated rings. The van der Waals surface area contributed by atoms with E-state index in [4.69, 9.17) is 9.57 Å². The molecule has 4 aromatic rings. The molecule has 8 nitrogen and oxygen atoms in total. The topological polar surface area (TPSA) is 91.9 Å². The fraction of sp³-hybridized carbons (Fsp3) is 0.217. The van der Waals surface area contributed by atoms with E-state index >= 15 is 0 Å². The number of hydrogen-bond donors (Lipinski definition) is 0. The predicted molar refractivity (Wildman–Crippen MR) is 115 cm³/mol. The second-order valence-electron chi connectivity index (χ2n) is 7.03. The van der Waals surface area contributed by atoms with Crippen molar-refractivity contribution in [2.24, 2.45) is 0 Å². The average Bonchev–Trinajstić information content (AvgIpc) is 3.23. The number of carbonyl (C=O) groups is 2. The first kappa shape index (κ1) is 20.3. The van der Waals surface area contributed by atoms with Crippen LogP contribution in [-0.4, -0.2) is 39.3 Å². The first-order valence-electron chi connectivity index (χ1n) is 9.95. The van der Waals surface area contributed by atoms with Crippen molar-refractivity contribution < 1.29 is 19.2 Å². The Kier molecular flexibility index (Phi) is 5.53. The number of esters is 1. The van der Waals surface area contributed by atoms with Gasteiger partial charge in [0, 0.05) is 12.0 Å². The first-order valence-corrected chi connectivity index (χ1v) is 9.95. The molecule has 0 spiro atoms. The molecule has 0 saturated heterocycles. The van der Waals surface area contributed by atoms with E-state index in [1.54, 1.807) is 36.6 Å². The van der Waals surface area contributed by atoms with Gasteiger partial charge in [-0.3, -0.25) is 4.79 Å². The van der Waals surface area contributed by atoms with Crippen LogP contribution in [0.5, 0.6) is 0 Å². The van der Waals surface area contributed by atoms with Crippen LogP contribution in [0.15, 0.2) is 59.4 Å². The Bertz CT molecular complexity index is 1320. The van der Waals surface area contributed by atoms with Crippen LogP contribution in [0.1, 0.15) is 30.6 Å². The van der Waals surface area contributed by atoms with E-state index in [1.807, 2.05) is 30.3 Å². The van der Waals surface area contributed by atoms with Crippen LogP contribution in [0.25, 0.3) is 27.8 Å². The zero-order chi connectivity index (χ0) is 22.0. The summed E-state index contributed by atoms with van der Waals surface area (Å²) in [4.78, 5) is 42.2. The summed E-state index contributed by atoms with van der Waals surface area (Å²) in [5.74, 6) is -0.505. The Balaban J connectivity index is 1.98. The third kappa shape index (κ3) is 3.79. The maximum absolute atomic E-state index is 13.3. The van der Waals surface area contributed by atoms with Crippen molar-refractivity contribution in [3.05, 3.63) is 70.5 Å². The molecule has 2 aromatic heterocycles. The van der Waals surface area contributed by atoms with Crippen LogP contribution in [0, 0.1) is 0 Å². The van der Waals surface area contributed by atoms with Crippen molar-refractivity contribution in [2.75, 3.05) is 6.61 Å². The summed E-state index contributed by atoms with van der Waals surface area (Å²) in [5.41, 5.74) is 2.57. The predicted octanol–water partition coefficient (Wildman–Crippen LogP) is 2.90. The number of ether oxygens (including phenoxy) is 1. The van der Waals surface area contributed by atoms with Gasteiger partial charge in [0.2, 0.25) is 0 Å².